The molecule has 132 valence electrons. The van der Waals surface area contributed by atoms with Crippen molar-refractivity contribution >= 4 is 38.8 Å². The first-order valence-corrected chi connectivity index (χ1v) is 9.82. The van der Waals surface area contributed by atoms with Crippen LogP contribution < -0.4 is 5.32 Å². The molecule has 0 radical (unpaired) electrons. The Labute approximate surface area is 162 Å². The van der Waals surface area contributed by atoms with Gasteiger partial charge in [0.2, 0.25) is 5.96 Å². The number of hydrogen-bond donors (Lipinski definition) is 1. The van der Waals surface area contributed by atoms with Crippen LogP contribution in [0.3, 0.4) is 0 Å². The largest absolute Gasteiger partial charge is 0.340 e. The summed E-state index contributed by atoms with van der Waals surface area (Å²) >= 11 is 1.83. The molecular formula is C23H19N3S. The topological polar surface area (TPSA) is 27.6 Å². The lowest BCUT2D eigenvalue weighted by atomic mass is 10.1. The molecule has 1 aliphatic heterocycles. The van der Waals surface area contributed by atoms with Crippen LogP contribution >= 0.6 is 11.3 Å². The monoisotopic (exact) mass is 369 g/mol. The minimum absolute atomic E-state index is 0.878. The molecule has 0 unspecified atom stereocenters. The van der Waals surface area contributed by atoms with Crippen molar-refractivity contribution in [2.45, 2.75) is 6.54 Å². The van der Waals surface area contributed by atoms with Gasteiger partial charge < -0.3 is 10.2 Å². The van der Waals surface area contributed by atoms with Crippen LogP contribution in [0.25, 0.3) is 21.2 Å². The lowest BCUT2D eigenvalue weighted by molar-refractivity contribution is 0.498. The van der Waals surface area contributed by atoms with E-state index < -0.39 is 0 Å². The number of anilines is 1. The molecule has 0 fully saturated rings. The van der Waals surface area contributed by atoms with E-state index in [1.165, 1.54) is 26.1 Å². The molecule has 0 saturated carbocycles. The average molecular weight is 369 g/mol. The number of nitrogens with one attached hydrogen (secondary N) is 1. The van der Waals surface area contributed by atoms with Gasteiger partial charge in [-0.05, 0) is 29.3 Å². The molecule has 0 bridgehead atoms. The van der Waals surface area contributed by atoms with Crippen molar-refractivity contribution in [3.05, 3.63) is 83.7 Å². The summed E-state index contributed by atoms with van der Waals surface area (Å²) in [4.78, 5) is 8.42. The Balaban J connectivity index is 1.45. The first-order valence-electron chi connectivity index (χ1n) is 9.01. The van der Waals surface area contributed by atoms with Crippen LogP contribution in [0.5, 0.6) is 0 Å². The zero-order chi connectivity index (χ0) is 18.2. The molecule has 0 spiro atoms. The van der Waals surface area contributed by atoms with Crippen LogP contribution in [0.4, 0.5) is 11.4 Å². The summed E-state index contributed by atoms with van der Waals surface area (Å²) < 4.78 is 1.30. The van der Waals surface area contributed by atoms with Gasteiger partial charge in [0.25, 0.3) is 0 Å². The zero-order valence-electron chi connectivity index (χ0n) is 15.0. The summed E-state index contributed by atoms with van der Waals surface area (Å²) in [7, 11) is 2.08. The van der Waals surface area contributed by atoms with Crippen LogP contribution in [0, 0.1) is 0 Å². The number of thiophene rings is 1. The van der Waals surface area contributed by atoms with Gasteiger partial charge in [0.05, 0.1) is 17.1 Å². The van der Waals surface area contributed by atoms with Crippen LogP contribution in [0.15, 0.2) is 83.9 Å². The van der Waals surface area contributed by atoms with E-state index in [-0.39, 0.29) is 0 Å². The molecule has 4 heteroatoms. The van der Waals surface area contributed by atoms with Crippen molar-refractivity contribution in [2.75, 3.05) is 12.4 Å². The van der Waals surface area contributed by atoms with Crippen molar-refractivity contribution in [3.63, 3.8) is 0 Å². The van der Waals surface area contributed by atoms with Crippen molar-refractivity contribution < 1.29 is 0 Å². The second-order valence-electron chi connectivity index (χ2n) is 6.73. The molecule has 1 aromatic heterocycles. The van der Waals surface area contributed by atoms with Crippen LogP contribution in [-0.2, 0) is 6.54 Å². The van der Waals surface area contributed by atoms with Crippen molar-refractivity contribution in [1.82, 2.24) is 4.90 Å². The van der Waals surface area contributed by atoms with Gasteiger partial charge in [-0.15, -0.1) is 11.3 Å². The number of nitrogens with zero attached hydrogens (tertiary/aromatic N) is 2. The van der Waals surface area contributed by atoms with Crippen molar-refractivity contribution in [1.29, 1.82) is 0 Å². The third-order valence-electron chi connectivity index (χ3n) is 4.85. The van der Waals surface area contributed by atoms with Crippen LogP contribution in [-0.4, -0.2) is 17.9 Å². The molecule has 5 rings (SSSR count). The Hall–Kier alpha value is -3.11. The molecule has 0 aliphatic carbocycles. The Kier molecular flexibility index (Phi) is 3.91. The minimum atomic E-state index is 0.878. The Morgan fingerprint density at radius 1 is 0.852 bits per heavy atom. The zero-order valence-corrected chi connectivity index (χ0v) is 15.8. The standard InChI is InChI=1S/C23H19N3S/c1-26-15-21-22(19-9-5-6-10-20(19)27-21)25-23(26)24-18-13-11-17(12-14-18)16-7-3-2-4-8-16/h2-14H,15H2,1H3,(H,24,25). The highest BCUT2D eigenvalue weighted by Gasteiger charge is 2.21. The van der Waals surface area contributed by atoms with E-state index in [1.807, 2.05) is 17.4 Å². The number of aliphatic imine (C=N–C) groups is 1. The smallest absolute Gasteiger partial charge is 0.203 e. The Bertz CT molecular complexity index is 1130. The number of fused-ring (bicyclic) bond motifs is 3. The summed E-state index contributed by atoms with van der Waals surface area (Å²) in [5.41, 5.74) is 4.59. The predicted molar refractivity (Wildman–Crippen MR) is 116 cm³/mol. The van der Waals surface area contributed by atoms with E-state index in [0.717, 1.165) is 23.9 Å². The molecule has 3 aromatic carbocycles. The quantitative estimate of drug-likeness (QED) is 0.461. The summed E-state index contributed by atoms with van der Waals surface area (Å²) in [6.07, 6.45) is 0. The molecule has 3 nitrogen and oxygen atoms in total. The number of hydrogen-bond acceptors (Lipinski definition) is 4. The third kappa shape index (κ3) is 2.98. The second kappa shape index (κ2) is 6.56. The molecule has 2 heterocycles. The third-order valence-corrected chi connectivity index (χ3v) is 5.99. The van der Waals surface area contributed by atoms with Crippen molar-refractivity contribution in [2.24, 2.45) is 4.99 Å². The van der Waals surface area contributed by atoms with E-state index in [1.54, 1.807) is 0 Å². The summed E-state index contributed by atoms with van der Waals surface area (Å²) in [6.45, 7) is 0.878. The van der Waals surface area contributed by atoms with Gasteiger partial charge in [0.15, 0.2) is 0 Å². The van der Waals surface area contributed by atoms with E-state index in [9.17, 15) is 0 Å². The first-order chi connectivity index (χ1) is 13.3. The first kappa shape index (κ1) is 16.1. The maximum absolute atomic E-state index is 4.93. The fourth-order valence-electron chi connectivity index (χ4n) is 3.42. The number of guanidine groups is 1. The molecule has 1 aliphatic rings. The maximum Gasteiger partial charge on any atom is 0.203 e. The Morgan fingerprint density at radius 3 is 2.37 bits per heavy atom. The van der Waals surface area contributed by atoms with Crippen molar-refractivity contribution in [3.8, 4) is 11.1 Å². The molecule has 27 heavy (non-hydrogen) atoms. The van der Waals surface area contributed by atoms with Gasteiger partial charge in [0, 0.05) is 22.8 Å². The molecule has 4 aromatic rings. The molecular weight excluding hydrogens is 350 g/mol. The molecule has 0 atom stereocenters. The second-order valence-corrected chi connectivity index (χ2v) is 7.87. The van der Waals surface area contributed by atoms with E-state index in [0.29, 0.717) is 0 Å². The fourth-order valence-corrected chi connectivity index (χ4v) is 4.62. The van der Waals surface area contributed by atoms with Crippen LogP contribution in [0.1, 0.15) is 4.88 Å². The van der Waals surface area contributed by atoms with E-state index in [4.69, 9.17) is 4.99 Å². The van der Waals surface area contributed by atoms with E-state index in [2.05, 4.69) is 90.1 Å². The van der Waals surface area contributed by atoms with Gasteiger partial charge in [-0.3, -0.25) is 0 Å². The van der Waals surface area contributed by atoms with Gasteiger partial charge in [-0.25, -0.2) is 4.99 Å². The predicted octanol–water partition coefficient (Wildman–Crippen LogP) is 6.11. The fraction of sp³-hybridized carbons (Fsp3) is 0.0870. The molecule has 0 amide bonds. The van der Waals surface area contributed by atoms with Crippen LogP contribution in [0.2, 0.25) is 0 Å². The average Bonchev–Trinajstić information content (AvgIpc) is 3.07. The lowest BCUT2D eigenvalue weighted by Gasteiger charge is -2.25. The molecule has 0 saturated heterocycles. The molecule has 1 N–H and O–H groups in total. The minimum Gasteiger partial charge on any atom is -0.340 e. The van der Waals surface area contributed by atoms with E-state index >= 15 is 0 Å². The number of rotatable bonds is 2. The van der Waals surface area contributed by atoms with Gasteiger partial charge in [0.1, 0.15) is 0 Å². The SMILES string of the molecule is CN1Cc2sc3ccccc3c2N=C1Nc1ccc(-c2ccccc2)cc1. The summed E-state index contributed by atoms with van der Waals surface area (Å²) in [5.74, 6) is 0.888. The summed E-state index contributed by atoms with van der Waals surface area (Å²) in [5, 5.41) is 4.73. The highest BCUT2D eigenvalue weighted by Crippen LogP contribution is 2.40. The Morgan fingerprint density at radius 2 is 1.56 bits per heavy atom. The summed E-state index contributed by atoms with van der Waals surface area (Å²) in [6, 6.07) is 27.4. The lowest BCUT2D eigenvalue weighted by Crippen LogP contribution is -2.34. The highest BCUT2D eigenvalue weighted by atomic mass is 32.1. The normalized spacial score (nSPS) is 13.4. The van der Waals surface area contributed by atoms with Gasteiger partial charge in [-0.1, -0.05) is 60.7 Å². The number of benzene rings is 3. The van der Waals surface area contributed by atoms with Gasteiger partial charge in [-0.2, -0.15) is 0 Å². The maximum atomic E-state index is 4.93. The van der Waals surface area contributed by atoms with Gasteiger partial charge >= 0.3 is 0 Å². The highest BCUT2D eigenvalue weighted by molar-refractivity contribution is 7.19.